The van der Waals surface area contributed by atoms with Crippen molar-refractivity contribution >= 4 is 6.03 Å². The molecular weight excluding hydrogens is 252 g/mol. The molecule has 5 aliphatic carbocycles. The molecule has 0 radical (unpaired) electrons. The van der Waals surface area contributed by atoms with Crippen LogP contribution in [0, 0.1) is 29.6 Å². The second-order valence-corrected chi connectivity index (χ2v) is 7.76. The maximum absolute atomic E-state index is 12.1. The van der Waals surface area contributed by atoms with Crippen LogP contribution in [0.5, 0.6) is 0 Å². The quantitative estimate of drug-likeness (QED) is 0.693. The number of urea groups is 1. The molecular formula is C16H26N2O2. The molecule has 0 aliphatic heterocycles. The lowest BCUT2D eigenvalue weighted by atomic mass is 9.52. The summed E-state index contributed by atoms with van der Waals surface area (Å²) in [5, 5.41) is 16.9. The molecule has 0 aromatic heterocycles. The lowest BCUT2D eigenvalue weighted by Gasteiger charge is -2.58. The third kappa shape index (κ3) is 2.03. The molecule has 0 saturated heterocycles. The van der Waals surface area contributed by atoms with Crippen molar-refractivity contribution < 1.29 is 9.90 Å². The van der Waals surface area contributed by atoms with E-state index in [4.69, 9.17) is 0 Å². The molecule has 0 heterocycles. The van der Waals surface area contributed by atoms with Crippen molar-refractivity contribution in [2.24, 2.45) is 29.6 Å². The molecule has 0 unspecified atom stereocenters. The summed E-state index contributed by atoms with van der Waals surface area (Å²) < 4.78 is 0. The van der Waals surface area contributed by atoms with Gasteiger partial charge >= 0.3 is 6.03 Å². The summed E-state index contributed by atoms with van der Waals surface area (Å²) >= 11 is 0. The van der Waals surface area contributed by atoms with Gasteiger partial charge in [-0.1, -0.05) is 6.42 Å². The van der Waals surface area contributed by atoms with Crippen LogP contribution in [-0.2, 0) is 0 Å². The average molecular weight is 278 g/mol. The van der Waals surface area contributed by atoms with Crippen LogP contribution in [0.2, 0.25) is 0 Å². The first-order valence-corrected chi connectivity index (χ1v) is 8.42. The van der Waals surface area contributed by atoms with E-state index < -0.39 is 5.72 Å². The first-order chi connectivity index (χ1) is 9.63. The molecule has 0 aromatic carbocycles. The summed E-state index contributed by atoms with van der Waals surface area (Å²) in [5.41, 5.74) is -0.933. The third-order valence-corrected chi connectivity index (χ3v) is 6.47. The van der Waals surface area contributed by atoms with Gasteiger partial charge in [0, 0.05) is 18.4 Å². The highest BCUT2D eigenvalue weighted by Gasteiger charge is 2.57. The Kier molecular flexibility index (Phi) is 2.99. The molecule has 112 valence electrons. The fourth-order valence-electron chi connectivity index (χ4n) is 5.27. The van der Waals surface area contributed by atoms with Gasteiger partial charge in [-0.25, -0.2) is 4.79 Å². The van der Waals surface area contributed by atoms with Crippen LogP contribution < -0.4 is 10.6 Å². The Balaban J connectivity index is 1.38. The van der Waals surface area contributed by atoms with Gasteiger partial charge < -0.3 is 15.7 Å². The highest BCUT2D eigenvalue weighted by atomic mass is 16.3. The van der Waals surface area contributed by atoms with E-state index in [1.807, 2.05) is 0 Å². The molecule has 0 atom stereocenters. The minimum absolute atomic E-state index is 0.160. The number of carbonyl (C=O) groups is 1. The van der Waals surface area contributed by atoms with E-state index in [0.29, 0.717) is 5.92 Å². The van der Waals surface area contributed by atoms with E-state index in [1.54, 1.807) is 0 Å². The number of nitrogens with one attached hydrogen (secondary N) is 2. The zero-order valence-corrected chi connectivity index (χ0v) is 12.1. The summed E-state index contributed by atoms with van der Waals surface area (Å²) in [6.07, 6.45) is 9.54. The molecule has 4 heteroatoms. The molecule has 5 fully saturated rings. The molecule has 5 rings (SSSR count). The minimum atomic E-state index is -0.933. The SMILES string of the molecule is O=C(NCC1CCC1)NC1(O)C2CC3CC(C2)CC1C3. The number of hydrogen-bond donors (Lipinski definition) is 3. The van der Waals surface area contributed by atoms with Crippen molar-refractivity contribution in [1.29, 1.82) is 0 Å². The summed E-state index contributed by atoms with van der Waals surface area (Å²) in [4.78, 5) is 12.1. The summed E-state index contributed by atoms with van der Waals surface area (Å²) in [6.45, 7) is 0.766. The van der Waals surface area contributed by atoms with Gasteiger partial charge in [0.1, 0.15) is 5.72 Å². The van der Waals surface area contributed by atoms with Crippen LogP contribution in [0.1, 0.15) is 51.4 Å². The predicted octanol–water partition coefficient (Wildman–Crippen LogP) is 2.23. The summed E-state index contributed by atoms with van der Waals surface area (Å²) in [7, 11) is 0. The van der Waals surface area contributed by atoms with E-state index in [1.165, 1.54) is 25.7 Å². The lowest BCUT2D eigenvalue weighted by molar-refractivity contribution is -0.183. The Morgan fingerprint density at radius 1 is 1.05 bits per heavy atom. The summed E-state index contributed by atoms with van der Waals surface area (Å²) in [6, 6.07) is -0.160. The minimum Gasteiger partial charge on any atom is -0.370 e. The van der Waals surface area contributed by atoms with Gasteiger partial charge in [0.25, 0.3) is 0 Å². The van der Waals surface area contributed by atoms with Crippen LogP contribution >= 0.6 is 0 Å². The van der Waals surface area contributed by atoms with Gasteiger partial charge in [0.15, 0.2) is 0 Å². The zero-order chi connectivity index (χ0) is 13.7. The van der Waals surface area contributed by atoms with E-state index in [9.17, 15) is 9.90 Å². The van der Waals surface area contributed by atoms with Gasteiger partial charge in [-0.3, -0.25) is 0 Å². The molecule has 4 nitrogen and oxygen atoms in total. The van der Waals surface area contributed by atoms with Crippen molar-refractivity contribution in [3.8, 4) is 0 Å². The maximum Gasteiger partial charge on any atom is 0.317 e. The smallest absolute Gasteiger partial charge is 0.317 e. The van der Waals surface area contributed by atoms with E-state index >= 15 is 0 Å². The predicted molar refractivity (Wildman–Crippen MR) is 75.9 cm³/mol. The van der Waals surface area contributed by atoms with Gasteiger partial charge in [0.2, 0.25) is 0 Å². The fourth-order valence-corrected chi connectivity index (χ4v) is 5.27. The third-order valence-electron chi connectivity index (χ3n) is 6.47. The largest absolute Gasteiger partial charge is 0.370 e. The Bertz CT molecular complexity index is 377. The summed E-state index contributed by atoms with van der Waals surface area (Å²) in [5.74, 6) is 2.84. The maximum atomic E-state index is 12.1. The van der Waals surface area contributed by atoms with Crippen LogP contribution in [-0.4, -0.2) is 23.4 Å². The first kappa shape index (κ1) is 12.9. The highest BCUT2D eigenvalue weighted by molar-refractivity contribution is 5.74. The molecule has 5 saturated carbocycles. The van der Waals surface area contributed by atoms with Crippen molar-refractivity contribution in [3.05, 3.63) is 0 Å². The van der Waals surface area contributed by atoms with E-state index in [2.05, 4.69) is 10.6 Å². The standard InChI is InChI=1S/C16H26N2O2/c19-15(17-9-10-2-1-3-10)18-16(20)13-5-11-4-12(7-13)8-14(16)6-11/h10-14,20H,1-9H2,(H2,17,18,19). The lowest BCUT2D eigenvalue weighted by Crippen LogP contribution is -2.67. The van der Waals surface area contributed by atoms with Crippen molar-refractivity contribution in [2.75, 3.05) is 6.54 Å². The molecule has 5 aliphatic rings. The fraction of sp³-hybridized carbons (Fsp3) is 0.938. The number of carbonyl (C=O) groups excluding carboxylic acids is 1. The molecule has 0 aromatic rings. The van der Waals surface area contributed by atoms with Crippen LogP contribution in [0.15, 0.2) is 0 Å². The Morgan fingerprint density at radius 2 is 1.65 bits per heavy atom. The molecule has 0 spiro atoms. The second kappa shape index (κ2) is 4.62. The Hall–Kier alpha value is -0.770. The van der Waals surface area contributed by atoms with E-state index in [-0.39, 0.29) is 17.9 Å². The number of amides is 2. The van der Waals surface area contributed by atoms with Gasteiger partial charge in [-0.2, -0.15) is 0 Å². The van der Waals surface area contributed by atoms with Crippen LogP contribution in [0.4, 0.5) is 4.79 Å². The first-order valence-electron chi connectivity index (χ1n) is 8.42. The van der Waals surface area contributed by atoms with Gasteiger partial charge in [0.05, 0.1) is 0 Å². The molecule has 4 bridgehead atoms. The average Bonchev–Trinajstić information content (AvgIpc) is 2.33. The monoisotopic (exact) mass is 278 g/mol. The molecule has 3 N–H and O–H groups in total. The normalized spacial score (nSPS) is 46.0. The van der Waals surface area contributed by atoms with Crippen LogP contribution in [0.25, 0.3) is 0 Å². The number of aliphatic hydroxyl groups is 1. The van der Waals surface area contributed by atoms with Gasteiger partial charge in [-0.15, -0.1) is 0 Å². The van der Waals surface area contributed by atoms with Crippen molar-refractivity contribution in [3.63, 3.8) is 0 Å². The Morgan fingerprint density at radius 3 is 2.15 bits per heavy atom. The van der Waals surface area contributed by atoms with Gasteiger partial charge in [-0.05, 0) is 62.7 Å². The second-order valence-electron chi connectivity index (χ2n) is 7.76. The number of rotatable bonds is 3. The van der Waals surface area contributed by atoms with Crippen molar-refractivity contribution in [2.45, 2.75) is 57.1 Å². The van der Waals surface area contributed by atoms with E-state index in [0.717, 1.165) is 44.1 Å². The Labute approximate surface area is 120 Å². The molecule has 20 heavy (non-hydrogen) atoms. The topological polar surface area (TPSA) is 61.4 Å². The highest BCUT2D eigenvalue weighted by Crippen LogP contribution is 2.57. The number of hydrogen-bond acceptors (Lipinski definition) is 2. The zero-order valence-electron chi connectivity index (χ0n) is 12.1. The van der Waals surface area contributed by atoms with Crippen LogP contribution in [0.3, 0.4) is 0 Å². The molecule has 2 amide bonds. The van der Waals surface area contributed by atoms with Crippen molar-refractivity contribution in [1.82, 2.24) is 10.6 Å².